The van der Waals surface area contributed by atoms with Crippen molar-refractivity contribution in [1.82, 2.24) is 9.80 Å². The van der Waals surface area contributed by atoms with Crippen LogP contribution in [-0.4, -0.2) is 37.0 Å². The van der Waals surface area contributed by atoms with Crippen molar-refractivity contribution < 1.29 is 0 Å². The Kier molecular flexibility index (Phi) is 2.46. The van der Waals surface area contributed by atoms with Crippen molar-refractivity contribution in [3.05, 3.63) is 23.5 Å². The van der Waals surface area contributed by atoms with Crippen LogP contribution in [0.25, 0.3) is 0 Å². The molecule has 0 atom stereocenters. The van der Waals surface area contributed by atoms with Crippen molar-refractivity contribution in [2.75, 3.05) is 27.2 Å². The van der Waals surface area contributed by atoms with E-state index in [0.717, 1.165) is 18.8 Å². The van der Waals surface area contributed by atoms with Gasteiger partial charge in [0.05, 0.1) is 11.4 Å². The van der Waals surface area contributed by atoms with Gasteiger partial charge in [-0.15, -0.1) is 0 Å². The molecule has 0 amide bonds. The van der Waals surface area contributed by atoms with Gasteiger partial charge >= 0.3 is 0 Å². The zero-order valence-corrected chi connectivity index (χ0v) is 8.52. The SMILES string of the molecule is C=C1C(=C(C)C)N(C)CCN1C. The zero-order chi connectivity index (χ0) is 9.30. The van der Waals surface area contributed by atoms with Gasteiger partial charge in [-0.3, -0.25) is 0 Å². The fourth-order valence-electron chi connectivity index (χ4n) is 1.62. The third-order valence-electron chi connectivity index (χ3n) is 2.36. The Hall–Kier alpha value is -0.920. The zero-order valence-electron chi connectivity index (χ0n) is 8.52. The second-order valence-electron chi connectivity index (χ2n) is 3.64. The van der Waals surface area contributed by atoms with Gasteiger partial charge in [-0.25, -0.2) is 0 Å². The minimum Gasteiger partial charge on any atom is -0.372 e. The molecule has 0 aromatic rings. The number of likely N-dealkylation sites (N-methyl/N-ethyl adjacent to an activating group) is 2. The molecule has 68 valence electrons. The molecule has 12 heavy (non-hydrogen) atoms. The monoisotopic (exact) mass is 166 g/mol. The smallest absolute Gasteiger partial charge is 0.0582 e. The van der Waals surface area contributed by atoms with Crippen LogP contribution in [0.3, 0.4) is 0 Å². The molecular weight excluding hydrogens is 148 g/mol. The van der Waals surface area contributed by atoms with Crippen LogP contribution in [0.4, 0.5) is 0 Å². The highest BCUT2D eigenvalue weighted by molar-refractivity contribution is 5.31. The average molecular weight is 166 g/mol. The van der Waals surface area contributed by atoms with Gasteiger partial charge in [-0.1, -0.05) is 12.2 Å². The summed E-state index contributed by atoms with van der Waals surface area (Å²) < 4.78 is 0. The molecule has 2 heteroatoms. The van der Waals surface area contributed by atoms with Crippen molar-refractivity contribution in [3.63, 3.8) is 0 Å². The number of hydrogen-bond acceptors (Lipinski definition) is 2. The lowest BCUT2D eigenvalue weighted by Gasteiger charge is -2.37. The van der Waals surface area contributed by atoms with Gasteiger partial charge in [-0.2, -0.15) is 0 Å². The highest BCUT2D eigenvalue weighted by atomic mass is 15.3. The standard InChI is InChI=1S/C10H18N2/c1-8(2)10-9(3)11(4)6-7-12(10)5/h3,6-7H2,1-2,4-5H3. The van der Waals surface area contributed by atoms with Gasteiger partial charge in [-0.05, 0) is 13.8 Å². The Morgan fingerprint density at radius 1 is 1.17 bits per heavy atom. The summed E-state index contributed by atoms with van der Waals surface area (Å²) in [5.41, 5.74) is 3.78. The van der Waals surface area contributed by atoms with Crippen molar-refractivity contribution in [2.45, 2.75) is 13.8 Å². The fourth-order valence-corrected chi connectivity index (χ4v) is 1.62. The van der Waals surface area contributed by atoms with Crippen molar-refractivity contribution in [3.8, 4) is 0 Å². The molecule has 0 N–H and O–H groups in total. The lowest BCUT2D eigenvalue weighted by molar-refractivity contribution is 0.274. The molecule has 1 heterocycles. The summed E-state index contributed by atoms with van der Waals surface area (Å²) in [5, 5.41) is 0. The van der Waals surface area contributed by atoms with E-state index < -0.39 is 0 Å². The maximum absolute atomic E-state index is 4.07. The quantitative estimate of drug-likeness (QED) is 0.540. The second kappa shape index (κ2) is 3.21. The first-order chi connectivity index (χ1) is 5.54. The van der Waals surface area contributed by atoms with E-state index in [1.165, 1.54) is 11.3 Å². The van der Waals surface area contributed by atoms with E-state index in [4.69, 9.17) is 0 Å². The van der Waals surface area contributed by atoms with E-state index in [0.29, 0.717) is 0 Å². The summed E-state index contributed by atoms with van der Waals surface area (Å²) in [6.07, 6.45) is 0. The molecule has 1 aliphatic rings. The van der Waals surface area contributed by atoms with Gasteiger partial charge in [0, 0.05) is 27.2 Å². The van der Waals surface area contributed by atoms with Gasteiger partial charge < -0.3 is 9.80 Å². The molecule has 0 bridgehead atoms. The number of allylic oxidation sites excluding steroid dienone is 1. The van der Waals surface area contributed by atoms with Gasteiger partial charge in [0.25, 0.3) is 0 Å². The summed E-state index contributed by atoms with van der Waals surface area (Å²) >= 11 is 0. The first-order valence-electron chi connectivity index (χ1n) is 4.33. The lowest BCUT2D eigenvalue weighted by Crippen LogP contribution is -2.39. The van der Waals surface area contributed by atoms with Crippen molar-refractivity contribution in [1.29, 1.82) is 0 Å². The van der Waals surface area contributed by atoms with Crippen LogP contribution in [0.5, 0.6) is 0 Å². The molecule has 0 saturated carbocycles. The molecule has 0 aliphatic carbocycles. The molecule has 0 aromatic carbocycles. The van der Waals surface area contributed by atoms with E-state index in [2.05, 4.69) is 44.3 Å². The fraction of sp³-hybridized carbons (Fsp3) is 0.600. The minimum atomic E-state index is 1.08. The molecular formula is C10H18N2. The lowest BCUT2D eigenvalue weighted by atomic mass is 10.1. The summed E-state index contributed by atoms with van der Waals surface area (Å²) in [5.74, 6) is 0. The van der Waals surface area contributed by atoms with Crippen LogP contribution in [0.1, 0.15) is 13.8 Å². The van der Waals surface area contributed by atoms with Crippen LogP contribution in [0.2, 0.25) is 0 Å². The van der Waals surface area contributed by atoms with Gasteiger partial charge in [0.15, 0.2) is 0 Å². The van der Waals surface area contributed by atoms with E-state index in [1.54, 1.807) is 0 Å². The highest BCUT2D eigenvalue weighted by Crippen LogP contribution is 2.22. The van der Waals surface area contributed by atoms with Crippen LogP contribution in [0, 0.1) is 0 Å². The van der Waals surface area contributed by atoms with Crippen LogP contribution < -0.4 is 0 Å². The molecule has 1 aliphatic heterocycles. The number of nitrogens with zero attached hydrogens (tertiary/aromatic N) is 2. The van der Waals surface area contributed by atoms with Gasteiger partial charge in [0.1, 0.15) is 0 Å². The van der Waals surface area contributed by atoms with E-state index in [1.807, 2.05) is 0 Å². The van der Waals surface area contributed by atoms with E-state index in [-0.39, 0.29) is 0 Å². The largest absolute Gasteiger partial charge is 0.372 e. The molecule has 1 saturated heterocycles. The molecule has 0 radical (unpaired) electrons. The third-order valence-corrected chi connectivity index (χ3v) is 2.36. The topological polar surface area (TPSA) is 6.48 Å². The Balaban J connectivity index is 2.95. The van der Waals surface area contributed by atoms with Gasteiger partial charge in [0.2, 0.25) is 0 Å². The predicted octanol–water partition coefficient (Wildman–Crippen LogP) is 1.67. The summed E-state index contributed by atoms with van der Waals surface area (Å²) in [6.45, 7) is 10.5. The molecule has 1 rings (SSSR count). The molecule has 0 aromatic heterocycles. The molecule has 0 spiro atoms. The van der Waals surface area contributed by atoms with Crippen LogP contribution in [-0.2, 0) is 0 Å². The normalized spacial score (nSPS) is 18.7. The van der Waals surface area contributed by atoms with Crippen molar-refractivity contribution in [2.24, 2.45) is 0 Å². The first-order valence-corrected chi connectivity index (χ1v) is 4.33. The Morgan fingerprint density at radius 2 is 1.67 bits per heavy atom. The average Bonchev–Trinajstić information content (AvgIpc) is 1.97. The highest BCUT2D eigenvalue weighted by Gasteiger charge is 2.19. The molecule has 1 fully saturated rings. The van der Waals surface area contributed by atoms with E-state index >= 15 is 0 Å². The Labute approximate surface area is 75.2 Å². The third kappa shape index (κ3) is 1.47. The van der Waals surface area contributed by atoms with Crippen LogP contribution in [0.15, 0.2) is 23.5 Å². The summed E-state index contributed by atoms with van der Waals surface area (Å²) in [4.78, 5) is 4.49. The van der Waals surface area contributed by atoms with Crippen LogP contribution >= 0.6 is 0 Å². The number of rotatable bonds is 0. The Bertz CT molecular complexity index is 224. The Morgan fingerprint density at radius 3 is 2.08 bits per heavy atom. The summed E-state index contributed by atoms with van der Waals surface area (Å²) in [7, 11) is 4.22. The maximum atomic E-state index is 4.07. The molecule has 2 nitrogen and oxygen atoms in total. The molecule has 0 unspecified atom stereocenters. The maximum Gasteiger partial charge on any atom is 0.0582 e. The number of piperazine rings is 1. The van der Waals surface area contributed by atoms with E-state index in [9.17, 15) is 0 Å². The first kappa shape index (κ1) is 9.17. The minimum absolute atomic E-state index is 1.08. The number of hydrogen-bond donors (Lipinski definition) is 0. The second-order valence-corrected chi connectivity index (χ2v) is 3.64. The van der Waals surface area contributed by atoms with Crippen molar-refractivity contribution >= 4 is 0 Å². The predicted molar refractivity (Wildman–Crippen MR) is 52.8 cm³/mol. The summed E-state index contributed by atoms with van der Waals surface area (Å²) in [6, 6.07) is 0.